The van der Waals surface area contributed by atoms with Gasteiger partial charge in [0.05, 0.1) is 6.54 Å². The first-order valence-electron chi connectivity index (χ1n) is 6.14. The minimum absolute atomic E-state index is 0.121. The van der Waals surface area contributed by atoms with Gasteiger partial charge >= 0.3 is 0 Å². The van der Waals surface area contributed by atoms with Crippen LogP contribution in [0.25, 0.3) is 0 Å². The van der Waals surface area contributed by atoms with Crippen LogP contribution >= 0.6 is 23.2 Å². The van der Waals surface area contributed by atoms with Crippen LogP contribution in [-0.4, -0.2) is 18.4 Å². The van der Waals surface area contributed by atoms with Gasteiger partial charge in [-0.15, -0.1) is 0 Å². The molecule has 2 rings (SSSR count). The van der Waals surface area contributed by atoms with Crippen LogP contribution in [0.3, 0.4) is 0 Å². The van der Waals surface area contributed by atoms with Gasteiger partial charge in [-0.2, -0.15) is 0 Å². The van der Waals surface area contributed by atoms with Crippen molar-refractivity contribution in [3.05, 3.63) is 64.1 Å². The summed E-state index contributed by atoms with van der Waals surface area (Å²) >= 11 is 11.5. The Bertz CT molecular complexity index is 640. The van der Waals surface area contributed by atoms with Gasteiger partial charge < -0.3 is 10.6 Å². The molecule has 2 aromatic rings. The molecule has 6 heteroatoms. The summed E-state index contributed by atoms with van der Waals surface area (Å²) in [6.45, 7) is -0.121. The number of halogens is 2. The molecule has 0 saturated heterocycles. The average molecular weight is 323 g/mol. The van der Waals surface area contributed by atoms with Gasteiger partial charge in [0.15, 0.2) is 0 Å². The standard InChI is InChI=1S/C15H12Cl2N2O2/c16-11-3-1-10(2-4-11)15(21)18-9-14(20)19-13-7-5-12(17)6-8-13/h1-8H,9H2,(H,18,21)(H,19,20). The minimum Gasteiger partial charge on any atom is -0.343 e. The molecule has 0 aromatic heterocycles. The second-order valence-corrected chi connectivity index (χ2v) is 5.12. The molecule has 0 unspecified atom stereocenters. The second kappa shape index (κ2) is 7.11. The smallest absolute Gasteiger partial charge is 0.251 e. The highest BCUT2D eigenvalue weighted by atomic mass is 35.5. The van der Waals surface area contributed by atoms with Crippen molar-refractivity contribution in [2.45, 2.75) is 0 Å². The van der Waals surface area contributed by atoms with Crippen molar-refractivity contribution in [3.8, 4) is 0 Å². The first-order chi connectivity index (χ1) is 10.0. The summed E-state index contributed by atoms with van der Waals surface area (Å²) < 4.78 is 0. The third-order valence-corrected chi connectivity index (χ3v) is 3.15. The highest BCUT2D eigenvalue weighted by Gasteiger charge is 2.08. The average Bonchev–Trinajstić information content (AvgIpc) is 2.48. The maximum absolute atomic E-state index is 11.8. The van der Waals surface area contributed by atoms with Crippen molar-refractivity contribution >= 4 is 40.7 Å². The molecule has 0 aliphatic rings. The Morgan fingerprint density at radius 1 is 0.857 bits per heavy atom. The highest BCUT2D eigenvalue weighted by molar-refractivity contribution is 6.31. The number of rotatable bonds is 4. The van der Waals surface area contributed by atoms with Gasteiger partial charge in [-0.05, 0) is 48.5 Å². The summed E-state index contributed by atoms with van der Waals surface area (Å²) in [5.41, 5.74) is 1.06. The zero-order valence-corrected chi connectivity index (χ0v) is 12.4. The quantitative estimate of drug-likeness (QED) is 0.906. The molecule has 0 saturated carbocycles. The summed E-state index contributed by atoms with van der Waals surface area (Å²) in [6, 6.07) is 13.1. The number of hydrogen-bond donors (Lipinski definition) is 2. The Balaban J connectivity index is 1.84. The SMILES string of the molecule is O=C(CNC(=O)c1ccc(Cl)cc1)Nc1ccc(Cl)cc1. The molecule has 0 fully saturated rings. The molecule has 108 valence electrons. The zero-order chi connectivity index (χ0) is 15.2. The zero-order valence-electron chi connectivity index (χ0n) is 10.9. The van der Waals surface area contributed by atoms with Crippen molar-refractivity contribution < 1.29 is 9.59 Å². The lowest BCUT2D eigenvalue weighted by atomic mass is 10.2. The maximum Gasteiger partial charge on any atom is 0.251 e. The molecule has 21 heavy (non-hydrogen) atoms. The third-order valence-electron chi connectivity index (χ3n) is 2.64. The summed E-state index contributed by atoms with van der Waals surface area (Å²) in [5.74, 6) is -0.655. The van der Waals surface area contributed by atoms with E-state index in [4.69, 9.17) is 23.2 Å². The van der Waals surface area contributed by atoms with Crippen LogP contribution in [0.2, 0.25) is 10.0 Å². The lowest BCUT2D eigenvalue weighted by Gasteiger charge is -2.07. The Morgan fingerprint density at radius 3 is 1.95 bits per heavy atom. The molecule has 0 aliphatic heterocycles. The monoisotopic (exact) mass is 322 g/mol. The Labute approximate surface area is 132 Å². The van der Waals surface area contributed by atoms with E-state index in [9.17, 15) is 9.59 Å². The van der Waals surface area contributed by atoms with E-state index in [-0.39, 0.29) is 18.4 Å². The van der Waals surface area contributed by atoms with E-state index in [0.29, 0.717) is 21.3 Å². The van der Waals surface area contributed by atoms with Crippen molar-refractivity contribution in [1.82, 2.24) is 5.32 Å². The van der Waals surface area contributed by atoms with E-state index >= 15 is 0 Å². The highest BCUT2D eigenvalue weighted by Crippen LogP contribution is 2.13. The van der Waals surface area contributed by atoms with Crippen LogP contribution in [0.4, 0.5) is 5.69 Å². The fourth-order valence-electron chi connectivity index (χ4n) is 1.60. The molecule has 0 bridgehead atoms. The van der Waals surface area contributed by atoms with Crippen molar-refractivity contribution in [1.29, 1.82) is 0 Å². The molecular weight excluding hydrogens is 311 g/mol. The van der Waals surface area contributed by atoms with Crippen LogP contribution in [0, 0.1) is 0 Å². The molecule has 0 aliphatic carbocycles. The topological polar surface area (TPSA) is 58.2 Å². The lowest BCUT2D eigenvalue weighted by Crippen LogP contribution is -2.32. The number of amides is 2. The predicted octanol–water partition coefficient (Wildman–Crippen LogP) is 3.36. The van der Waals surface area contributed by atoms with Gasteiger partial charge in [0.25, 0.3) is 5.91 Å². The number of carbonyl (C=O) groups is 2. The molecule has 2 aromatic carbocycles. The Kier molecular flexibility index (Phi) is 5.20. The van der Waals surface area contributed by atoms with Gasteiger partial charge in [0.2, 0.25) is 5.91 Å². The van der Waals surface area contributed by atoms with Gasteiger partial charge in [-0.3, -0.25) is 9.59 Å². The van der Waals surface area contributed by atoms with E-state index in [1.165, 1.54) is 0 Å². The molecule has 0 heterocycles. The molecule has 0 spiro atoms. The summed E-state index contributed by atoms with van der Waals surface area (Å²) in [5, 5.41) is 6.32. The molecule has 0 radical (unpaired) electrons. The summed E-state index contributed by atoms with van der Waals surface area (Å²) in [4.78, 5) is 23.5. The van der Waals surface area contributed by atoms with Crippen LogP contribution < -0.4 is 10.6 Å². The van der Waals surface area contributed by atoms with E-state index in [0.717, 1.165) is 0 Å². The number of hydrogen-bond acceptors (Lipinski definition) is 2. The van der Waals surface area contributed by atoms with E-state index in [2.05, 4.69) is 10.6 Å². The van der Waals surface area contributed by atoms with Crippen LogP contribution in [0.15, 0.2) is 48.5 Å². The maximum atomic E-state index is 11.8. The third kappa shape index (κ3) is 4.77. The largest absolute Gasteiger partial charge is 0.343 e. The van der Waals surface area contributed by atoms with Gasteiger partial charge in [0, 0.05) is 21.3 Å². The van der Waals surface area contributed by atoms with Gasteiger partial charge in [-0.25, -0.2) is 0 Å². The Morgan fingerprint density at radius 2 is 1.38 bits per heavy atom. The van der Waals surface area contributed by atoms with E-state index < -0.39 is 0 Å². The number of nitrogens with one attached hydrogen (secondary N) is 2. The molecular formula is C15H12Cl2N2O2. The second-order valence-electron chi connectivity index (χ2n) is 4.24. The van der Waals surface area contributed by atoms with Crippen LogP contribution in [0.1, 0.15) is 10.4 Å². The molecule has 4 nitrogen and oxygen atoms in total. The minimum atomic E-state index is -0.335. The Hall–Kier alpha value is -2.04. The number of benzene rings is 2. The first-order valence-corrected chi connectivity index (χ1v) is 6.89. The lowest BCUT2D eigenvalue weighted by molar-refractivity contribution is -0.115. The van der Waals surface area contributed by atoms with Crippen molar-refractivity contribution in [3.63, 3.8) is 0 Å². The van der Waals surface area contributed by atoms with Gasteiger partial charge in [-0.1, -0.05) is 23.2 Å². The molecule has 2 N–H and O–H groups in total. The van der Waals surface area contributed by atoms with Crippen molar-refractivity contribution in [2.24, 2.45) is 0 Å². The van der Waals surface area contributed by atoms with Gasteiger partial charge in [0.1, 0.15) is 0 Å². The normalized spacial score (nSPS) is 10.0. The molecule has 2 amide bonds. The van der Waals surface area contributed by atoms with E-state index in [1.807, 2.05) is 0 Å². The fourth-order valence-corrected chi connectivity index (χ4v) is 1.85. The van der Waals surface area contributed by atoms with E-state index in [1.54, 1.807) is 48.5 Å². The number of carbonyl (C=O) groups excluding carboxylic acids is 2. The van der Waals surface area contributed by atoms with Crippen LogP contribution in [0.5, 0.6) is 0 Å². The summed E-state index contributed by atoms with van der Waals surface area (Å²) in [7, 11) is 0. The summed E-state index contributed by atoms with van der Waals surface area (Å²) in [6.07, 6.45) is 0. The molecule has 0 atom stereocenters. The van der Waals surface area contributed by atoms with Crippen LogP contribution in [-0.2, 0) is 4.79 Å². The van der Waals surface area contributed by atoms with Crippen molar-refractivity contribution in [2.75, 3.05) is 11.9 Å². The fraction of sp³-hybridized carbons (Fsp3) is 0.0667. The predicted molar refractivity (Wildman–Crippen MR) is 83.9 cm³/mol. The first kappa shape index (κ1) is 15.4. The number of anilines is 1.